The Balaban J connectivity index is 2.25. The number of aryl methyl sites for hydroxylation is 1. The lowest BCUT2D eigenvalue weighted by molar-refractivity contribution is -0.135. The summed E-state index contributed by atoms with van der Waals surface area (Å²) in [5.74, 6) is -0.385. The van der Waals surface area contributed by atoms with Crippen molar-refractivity contribution in [3.8, 4) is 23.0 Å². The molecule has 1 aliphatic heterocycles. The first-order valence-electron chi connectivity index (χ1n) is 7.73. The fourth-order valence-electron chi connectivity index (χ4n) is 3.05. The Labute approximate surface area is 144 Å². The minimum Gasteiger partial charge on any atom is -0.502 e. The van der Waals surface area contributed by atoms with Gasteiger partial charge in [0.2, 0.25) is 5.75 Å². The van der Waals surface area contributed by atoms with E-state index in [1.165, 1.54) is 18.8 Å². The highest BCUT2D eigenvalue weighted by Gasteiger charge is 2.33. The second-order valence-electron chi connectivity index (χ2n) is 5.93. The zero-order chi connectivity index (χ0) is 18.3. The molecule has 25 heavy (non-hydrogen) atoms. The van der Waals surface area contributed by atoms with Crippen molar-refractivity contribution < 1.29 is 24.1 Å². The average Bonchev–Trinajstić information content (AvgIpc) is 2.59. The van der Waals surface area contributed by atoms with Crippen molar-refractivity contribution in [2.24, 2.45) is 7.05 Å². The quantitative estimate of drug-likeness (QED) is 0.855. The SMILES string of the molecule is COc1cc([C@@H]2CC(=O)Oc3cc(C)n(C)c(=O)c32)cc(OC)c1O. The molecule has 1 atom stereocenters. The molecule has 0 unspecified atom stereocenters. The van der Waals surface area contributed by atoms with Crippen molar-refractivity contribution in [3.05, 3.63) is 45.4 Å². The van der Waals surface area contributed by atoms with Gasteiger partial charge in [-0.1, -0.05) is 0 Å². The number of fused-ring (bicyclic) bond motifs is 1. The molecule has 0 saturated carbocycles. The third-order valence-electron chi connectivity index (χ3n) is 4.52. The molecule has 1 N–H and O–H groups in total. The van der Waals surface area contributed by atoms with Crippen molar-refractivity contribution in [2.45, 2.75) is 19.3 Å². The van der Waals surface area contributed by atoms with Crippen molar-refractivity contribution in [2.75, 3.05) is 14.2 Å². The molecular weight excluding hydrogens is 326 g/mol. The Morgan fingerprint density at radius 3 is 2.32 bits per heavy atom. The van der Waals surface area contributed by atoms with E-state index < -0.39 is 11.9 Å². The lowest BCUT2D eigenvalue weighted by atomic mass is 9.86. The molecule has 3 rings (SSSR count). The maximum absolute atomic E-state index is 12.8. The summed E-state index contributed by atoms with van der Waals surface area (Å²) in [6.45, 7) is 1.77. The summed E-state index contributed by atoms with van der Waals surface area (Å²) in [6, 6.07) is 4.88. The molecule has 0 radical (unpaired) electrons. The number of phenolic OH excluding ortho intramolecular Hbond substituents is 1. The minimum absolute atomic E-state index is 0.0163. The van der Waals surface area contributed by atoms with E-state index in [0.717, 1.165) is 0 Å². The van der Waals surface area contributed by atoms with Gasteiger partial charge in [0.15, 0.2) is 11.5 Å². The van der Waals surface area contributed by atoms with Gasteiger partial charge in [-0.15, -0.1) is 0 Å². The van der Waals surface area contributed by atoms with E-state index in [1.54, 1.807) is 32.2 Å². The monoisotopic (exact) mass is 345 g/mol. The zero-order valence-electron chi connectivity index (χ0n) is 14.5. The van der Waals surface area contributed by atoms with Gasteiger partial charge in [0.1, 0.15) is 5.75 Å². The predicted octanol–water partition coefficient (Wildman–Crippen LogP) is 1.86. The Morgan fingerprint density at radius 2 is 1.76 bits per heavy atom. The van der Waals surface area contributed by atoms with Gasteiger partial charge in [-0.25, -0.2) is 0 Å². The Morgan fingerprint density at radius 1 is 1.16 bits per heavy atom. The van der Waals surface area contributed by atoms with Gasteiger partial charge in [-0.3, -0.25) is 9.59 Å². The Bertz CT molecular complexity index is 890. The summed E-state index contributed by atoms with van der Waals surface area (Å²) < 4.78 is 17.1. The first-order valence-corrected chi connectivity index (χ1v) is 7.73. The lowest BCUT2D eigenvalue weighted by Crippen LogP contribution is -2.32. The number of methoxy groups -OCH3 is 2. The summed E-state index contributed by atoms with van der Waals surface area (Å²) in [6.07, 6.45) is 0.0163. The first kappa shape index (κ1) is 16.9. The van der Waals surface area contributed by atoms with E-state index in [9.17, 15) is 14.7 Å². The number of pyridine rings is 1. The van der Waals surface area contributed by atoms with Gasteiger partial charge in [0.05, 0.1) is 26.2 Å². The zero-order valence-corrected chi connectivity index (χ0v) is 14.5. The molecule has 0 bridgehead atoms. The molecule has 2 aromatic rings. The van der Waals surface area contributed by atoms with E-state index in [-0.39, 0.29) is 35.0 Å². The van der Waals surface area contributed by atoms with Crippen molar-refractivity contribution >= 4 is 5.97 Å². The van der Waals surface area contributed by atoms with Gasteiger partial charge in [-0.05, 0) is 24.6 Å². The number of esters is 1. The molecule has 7 heteroatoms. The molecule has 0 saturated heterocycles. The molecule has 132 valence electrons. The highest BCUT2D eigenvalue weighted by molar-refractivity contribution is 5.78. The van der Waals surface area contributed by atoms with Gasteiger partial charge in [-0.2, -0.15) is 0 Å². The fraction of sp³-hybridized carbons (Fsp3) is 0.333. The molecule has 1 aromatic carbocycles. The predicted molar refractivity (Wildman–Crippen MR) is 89.7 cm³/mol. The first-order chi connectivity index (χ1) is 11.9. The maximum Gasteiger partial charge on any atom is 0.312 e. The highest BCUT2D eigenvalue weighted by Crippen LogP contribution is 2.43. The standard InChI is InChI=1S/C18H19NO6/c1-9-5-12-16(18(22)19(9)2)11(8-15(20)25-12)10-6-13(23-3)17(21)14(7-10)24-4/h5-7,11,21H,8H2,1-4H3/t11-/m0/s1. The number of carbonyl (C=O) groups is 1. The van der Waals surface area contributed by atoms with Crippen LogP contribution in [-0.4, -0.2) is 29.9 Å². The summed E-state index contributed by atoms with van der Waals surface area (Å²) >= 11 is 0. The number of aromatic hydroxyl groups is 1. The van der Waals surface area contributed by atoms with Crippen LogP contribution in [0.3, 0.4) is 0 Å². The largest absolute Gasteiger partial charge is 0.502 e. The number of hydrogen-bond donors (Lipinski definition) is 1. The van der Waals surface area contributed by atoms with Crippen LogP contribution in [0.25, 0.3) is 0 Å². The van der Waals surface area contributed by atoms with E-state index in [0.29, 0.717) is 16.8 Å². The topological polar surface area (TPSA) is 87.0 Å². The lowest BCUT2D eigenvalue weighted by Gasteiger charge is -2.26. The van der Waals surface area contributed by atoms with Crippen molar-refractivity contribution in [1.82, 2.24) is 4.57 Å². The molecule has 1 aliphatic rings. The minimum atomic E-state index is -0.515. The van der Waals surface area contributed by atoms with Gasteiger partial charge < -0.3 is 23.9 Å². The molecule has 0 amide bonds. The Kier molecular flexibility index (Phi) is 4.16. The normalized spacial score (nSPS) is 16.2. The van der Waals surface area contributed by atoms with Crippen LogP contribution in [0, 0.1) is 6.92 Å². The summed E-state index contributed by atoms with van der Waals surface area (Å²) in [5, 5.41) is 10.1. The molecule has 0 fully saturated rings. The summed E-state index contributed by atoms with van der Waals surface area (Å²) in [5.41, 5.74) is 1.50. The van der Waals surface area contributed by atoms with Crippen LogP contribution in [0.4, 0.5) is 0 Å². The van der Waals surface area contributed by atoms with Crippen LogP contribution in [0.2, 0.25) is 0 Å². The highest BCUT2D eigenvalue weighted by atomic mass is 16.5. The van der Waals surface area contributed by atoms with E-state index in [1.807, 2.05) is 0 Å². The molecule has 0 aliphatic carbocycles. The number of phenols is 1. The van der Waals surface area contributed by atoms with Crippen LogP contribution in [0.5, 0.6) is 23.0 Å². The van der Waals surface area contributed by atoms with E-state index in [2.05, 4.69) is 0 Å². The third-order valence-corrected chi connectivity index (χ3v) is 4.52. The number of benzene rings is 1. The summed E-state index contributed by atoms with van der Waals surface area (Å²) in [4.78, 5) is 24.8. The van der Waals surface area contributed by atoms with Crippen LogP contribution in [-0.2, 0) is 11.8 Å². The van der Waals surface area contributed by atoms with Gasteiger partial charge in [0, 0.05) is 24.7 Å². The molecular formula is C18H19NO6. The van der Waals surface area contributed by atoms with Crippen LogP contribution >= 0.6 is 0 Å². The average molecular weight is 345 g/mol. The van der Waals surface area contributed by atoms with Gasteiger partial charge in [0.25, 0.3) is 5.56 Å². The van der Waals surface area contributed by atoms with E-state index in [4.69, 9.17) is 14.2 Å². The number of nitrogens with zero attached hydrogens (tertiary/aromatic N) is 1. The second kappa shape index (κ2) is 6.16. The maximum atomic E-state index is 12.8. The number of aromatic nitrogens is 1. The number of ether oxygens (including phenoxy) is 3. The van der Waals surface area contributed by atoms with Gasteiger partial charge >= 0.3 is 5.97 Å². The number of hydrogen-bond acceptors (Lipinski definition) is 6. The third kappa shape index (κ3) is 2.71. The van der Waals surface area contributed by atoms with Crippen LogP contribution in [0.15, 0.2) is 23.0 Å². The molecule has 0 spiro atoms. The summed E-state index contributed by atoms with van der Waals surface area (Å²) in [7, 11) is 4.51. The van der Waals surface area contributed by atoms with Crippen LogP contribution < -0.4 is 19.8 Å². The molecule has 2 heterocycles. The fourth-order valence-corrected chi connectivity index (χ4v) is 3.05. The van der Waals surface area contributed by atoms with Crippen LogP contribution in [0.1, 0.15) is 29.2 Å². The Hall–Kier alpha value is -2.96. The second-order valence-corrected chi connectivity index (χ2v) is 5.93. The number of rotatable bonds is 3. The van der Waals surface area contributed by atoms with Crippen molar-refractivity contribution in [3.63, 3.8) is 0 Å². The van der Waals surface area contributed by atoms with Crippen molar-refractivity contribution in [1.29, 1.82) is 0 Å². The molecule has 1 aromatic heterocycles. The number of carbonyl (C=O) groups excluding carboxylic acids is 1. The van der Waals surface area contributed by atoms with E-state index >= 15 is 0 Å². The molecule has 7 nitrogen and oxygen atoms in total. The smallest absolute Gasteiger partial charge is 0.312 e.